The van der Waals surface area contributed by atoms with Crippen LogP contribution in [0.25, 0.3) is 0 Å². The van der Waals surface area contributed by atoms with Crippen molar-refractivity contribution in [3.63, 3.8) is 0 Å². The minimum atomic E-state index is -0.217. The first kappa shape index (κ1) is 18.1. The fourth-order valence-electron chi connectivity index (χ4n) is 2.64. The summed E-state index contributed by atoms with van der Waals surface area (Å²) >= 11 is 1.32. The number of rotatable bonds is 7. The second-order valence-corrected chi connectivity index (χ2v) is 6.79. The number of amides is 1. The van der Waals surface area contributed by atoms with E-state index in [-0.39, 0.29) is 17.7 Å². The molecule has 3 rings (SSSR count). The van der Waals surface area contributed by atoms with Crippen LogP contribution in [0, 0.1) is 6.92 Å². The molecular weight excluding hydrogens is 346 g/mol. The zero-order valence-electron chi connectivity index (χ0n) is 14.8. The number of hydrogen-bond donors (Lipinski definition) is 2. The van der Waals surface area contributed by atoms with Gasteiger partial charge in [0.25, 0.3) is 0 Å². The number of H-pyrrole nitrogens is 1. The first-order chi connectivity index (χ1) is 12.7. The maximum Gasteiger partial charge on any atom is 0.231 e. The van der Waals surface area contributed by atoms with Crippen LogP contribution >= 0.6 is 11.8 Å². The van der Waals surface area contributed by atoms with Crippen LogP contribution in [-0.2, 0) is 11.2 Å². The van der Waals surface area contributed by atoms with E-state index in [2.05, 4.69) is 25.5 Å². The van der Waals surface area contributed by atoms with E-state index in [9.17, 15) is 4.79 Å². The summed E-state index contributed by atoms with van der Waals surface area (Å²) in [5, 5.41) is 10.7. The van der Waals surface area contributed by atoms with Crippen LogP contribution in [0.2, 0.25) is 0 Å². The highest BCUT2D eigenvalue weighted by Gasteiger charge is 2.19. The fourth-order valence-corrected chi connectivity index (χ4v) is 3.27. The molecule has 0 aliphatic heterocycles. The Labute approximate surface area is 156 Å². The van der Waals surface area contributed by atoms with E-state index in [0.717, 1.165) is 28.9 Å². The molecule has 0 spiro atoms. The molecule has 0 saturated heterocycles. The van der Waals surface area contributed by atoms with E-state index in [1.165, 1.54) is 11.8 Å². The molecule has 0 saturated carbocycles. The molecule has 0 aliphatic carbocycles. The molecule has 1 unspecified atom stereocenters. The Morgan fingerprint density at radius 2 is 2.00 bits per heavy atom. The molecule has 1 atom stereocenters. The molecule has 26 heavy (non-hydrogen) atoms. The molecule has 6 nitrogen and oxygen atoms in total. The number of carbonyl (C=O) groups excluding carboxylic acids is 1. The molecular formula is C19H21N5OS. The number of thioether (sulfide) groups is 1. The summed E-state index contributed by atoms with van der Waals surface area (Å²) in [6.07, 6.45) is 4.26. The highest BCUT2D eigenvalue weighted by molar-refractivity contribution is 7.99. The van der Waals surface area contributed by atoms with Crippen LogP contribution in [-0.4, -0.2) is 31.8 Å². The van der Waals surface area contributed by atoms with E-state index in [1.54, 1.807) is 12.4 Å². The van der Waals surface area contributed by atoms with Crippen molar-refractivity contribution in [3.8, 4) is 0 Å². The quantitative estimate of drug-likeness (QED) is 0.627. The van der Waals surface area contributed by atoms with Gasteiger partial charge in [-0.1, -0.05) is 43.0 Å². The topological polar surface area (TPSA) is 83.6 Å². The van der Waals surface area contributed by atoms with Gasteiger partial charge < -0.3 is 5.32 Å². The van der Waals surface area contributed by atoms with Gasteiger partial charge in [0.1, 0.15) is 5.82 Å². The first-order valence-corrected chi connectivity index (χ1v) is 9.44. The van der Waals surface area contributed by atoms with Crippen LogP contribution in [0.5, 0.6) is 0 Å². The number of nitrogens with zero attached hydrogens (tertiary/aromatic N) is 3. The van der Waals surface area contributed by atoms with E-state index in [1.807, 2.05) is 50.2 Å². The van der Waals surface area contributed by atoms with E-state index >= 15 is 0 Å². The van der Waals surface area contributed by atoms with Crippen molar-refractivity contribution < 1.29 is 4.79 Å². The van der Waals surface area contributed by atoms with E-state index < -0.39 is 0 Å². The van der Waals surface area contributed by atoms with Crippen molar-refractivity contribution in [2.24, 2.45) is 0 Å². The minimum Gasteiger partial charge on any atom is -0.344 e. The van der Waals surface area contributed by atoms with Crippen molar-refractivity contribution in [1.29, 1.82) is 0 Å². The van der Waals surface area contributed by atoms with Gasteiger partial charge in [0.05, 0.1) is 11.8 Å². The standard InChI is InChI=1S/C19H21N5OS/c1-3-16-21-19(24-23-16)26-12-17(25)22-18(14-8-10-20-11-9-14)15-7-5-4-6-13(15)2/h4-11,18H,3,12H2,1-2H3,(H,22,25)(H,21,23,24). The SMILES string of the molecule is CCc1nc(SCC(=O)NC(c2ccncc2)c2ccccc2C)n[nH]1. The van der Waals surface area contributed by atoms with Gasteiger partial charge in [0.2, 0.25) is 11.1 Å². The summed E-state index contributed by atoms with van der Waals surface area (Å²) in [5.41, 5.74) is 3.20. The fraction of sp³-hybridized carbons (Fsp3) is 0.263. The molecule has 0 radical (unpaired) electrons. The predicted octanol–water partition coefficient (Wildman–Crippen LogP) is 3.07. The summed E-state index contributed by atoms with van der Waals surface area (Å²) in [4.78, 5) is 20.9. The molecule has 0 aliphatic rings. The van der Waals surface area contributed by atoms with Gasteiger partial charge in [-0.3, -0.25) is 14.9 Å². The average Bonchev–Trinajstić information content (AvgIpc) is 3.14. The molecule has 2 aromatic heterocycles. The summed E-state index contributed by atoms with van der Waals surface area (Å²) < 4.78 is 0. The number of hydrogen-bond acceptors (Lipinski definition) is 5. The molecule has 2 heterocycles. The molecule has 2 N–H and O–H groups in total. The molecule has 134 valence electrons. The summed E-state index contributed by atoms with van der Waals surface area (Å²) in [6.45, 7) is 4.05. The second kappa shape index (κ2) is 8.62. The van der Waals surface area contributed by atoms with E-state index in [0.29, 0.717) is 5.16 Å². The van der Waals surface area contributed by atoms with Gasteiger partial charge in [0, 0.05) is 18.8 Å². The highest BCUT2D eigenvalue weighted by Crippen LogP contribution is 2.25. The lowest BCUT2D eigenvalue weighted by Crippen LogP contribution is -2.31. The maximum atomic E-state index is 12.5. The summed E-state index contributed by atoms with van der Waals surface area (Å²) in [5.74, 6) is 1.01. The number of aryl methyl sites for hydroxylation is 2. The Bertz CT molecular complexity index is 865. The van der Waals surface area contributed by atoms with Gasteiger partial charge in [0.15, 0.2) is 0 Å². The minimum absolute atomic E-state index is 0.0667. The molecule has 0 fully saturated rings. The van der Waals surface area contributed by atoms with Crippen LogP contribution in [0.3, 0.4) is 0 Å². The van der Waals surface area contributed by atoms with Crippen LogP contribution < -0.4 is 5.32 Å². The highest BCUT2D eigenvalue weighted by atomic mass is 32.2. The van der Waals surface area contributed by atoms with Crippen molar-refractivity contribution >= 4 is 17.7 Å². The van der Waals surface area contributed by atoms with Crippen molar-refractivity contribution in [2.75, 3.05) is 5.75 Å². The zero-order valence-corrected chi connectivity index (χ0v) is 15.6. The van der Waals surface area contributed by atoms with Gasteiger partial charge in [-0.05, 0) is 35.7 Å². The van der Waals surface area contributed by atoms with Gasteiger partial charge in [-0.15, -0.1) is 5.10 Å². The van der Waals surface area contributed by atoms with Gasteiger partial charge in [-0.25, -0.2) is 4.98 Å². The Hall–Kier alpha value is -2.67. The third-order valence-corrected chi connectivity index (χ3v) is 4.87. The summed E-state index contributed by atoms with van der Waals surface area (Å²) in [7, 11) is 0. The number of aromatic amines is 1. The Morgan fingerprint density at radius 1 is 1.23 bits per heavy atom. The lowest BCUT2D eigenvalue weighted by atomic mass is 9.95. The lowest BCUT2D eigenvalue weighted by Gasteiger charge is -2.21. The summed E-state index contributed by atoms with van der Waals surface area (Å²) in [6, 6.07) is 11.7. The predicted molar refractivity (Wildman–Crippen MR) is 102 cm³/mol. The molecule has 7 heteroatoms. The number of benzene rings is 1. The molecule has 1 aromatic carbocycles. The molecule has 1 amide bonds. The third-order valence-electron chi connectivity index (χ3n) is 4.02. The Morgan fingerprint density at radius 3 is 2.69 bits per heavy atom. The van der Waals surface area contributed by atoms with Crippen molar-refractivity contribution in [3.05, 3.63) is 71.3 Å². The zero-order chi connectivity index (χ0) is 18.4. The van der Waals surface area contributed by atoms with Gasteiger partial charge in [-0.2, -0.15) is 0 Å². The van der Waals surface area contributed by atoms with Gasteiger partial charge >= 0.3 is 0 Å². The number of nitrogens with one attached hydrogen (secondary N) is 2. The van der Waals surface area contributed by atoms with Crippen LogP contribution in [0.1, 0.15) is 35.5 Å². The van der Waals surface area contributed by atoms with Crippen molar-refractivity contribution in [1.82, 2.24) is 25.5 Å². The van der Waals surface area contributed by atoms with Crippen LogP contribution in [0.15, 0.2) is 53.9 Å². The Balaban J connectivity index is 1.73. The molecule has 0 bridgehead atoms. The maximum absolute atomic E-state index is 12.5. The smallest absolute Gasteiger partial charge is 0.231 e. The average molecular weight is 367 g/mol. The lowest BCUT2D eigenvalue weighted by molar-refractivity contribution is -0.119. The third kappa shape index (κ3) is 4.49. The Kier molecular flexibility index (Phi) is 6.01. The second-order valence-electron chi connectivity index (χ2n) is 5.84. The number of aromatic nitrogens is 4. The van der Waals surface area contributed by atoms with Crippen molar-refractivity contribution in [2.45, 2.75) is 31.5 Å². The molecule has 3 aromatic rings. The normalized spacial score (nSPS) is 11.9. The van der Waals surface area contributed by atoms with E-state index in [4.69, 9.17) is 0 Å². The number of pyridine rings is 1. The first-order valence-electron chi connectivity index (χ1n) is 8.46. The monoisotopic (exact) mass is 367 g/mol. The van der Waals surface area contributed by atoms with Crippen LogP contribution in [0.4, 0.5) is 0 Å². The number of carbonyl (C=O) groups is 1. The largest absolute Gasteiger partial charge is 0.344 e.